The highest BCUT2D eigenvalue weighted by molar-refractivity contribution is 5.96. The van der Waals surface area contributed by atoms with Crippen molar-refractivity contribution in [1.82, 2.24) is 45.5 Å². The lowest BCUT2D eigenvalue weighted by Gasteiger charge is -2.30. The first-order valence-electron chi connectivity index (χ1n) is 16.8. The zero-order valence-electron chi connectivity index (χ0n) is 27.5. The first-order valence-corrected chi connectivity index (χ1v) is 16.8. The van der Waals surface area contributed by atoms with Crippen molar-refractivity contribution >= 4 is 40.4 Å². The first kappa shape index (κ1) is 34.3. The maximum atomic E-state index is 14.3. The number of carbonyl (C=O) groups is 5. The fraction of sp³-hybridized carbons (Fsp3) is 0.400. The SMILES string of the molecule is O=C1CN(C(=O)CCCn2cncn2)CCNC(=O)[C@H](Cc2ccccc2)NC(=O)[C@@H]2C[C@@H](O)CN2C(=O)[C@@H](Cc2c[nH]c3ccccc23)N1. The van der Waals surface area contributed by atoms with Crippen LogP contribution in [0.2, 0.25) is 0 Å². The Morgan fingerprint density at radius 2 is 1.74 bits per heavy atom. The summed E-state index contributed by atoms with van der Waals surface area (Å²) in [6.07, 6.45) is 4.55. The van der Waals surface area contributed by atoms with Crippen LogP contribution in [0.5, 0.6) is 0 Å². The summed E-state index contributed by atoms with van der Waals surface area (Å²) in [6, 6.07) is 13.6. The highest BCUT2D eigenvalue weighted by Gasteiger charge is 2.43. The summed E-state index contributed by atoms with van der Waals surface area (Å²) in [5.74, 6) is -2.49. The minimum absolute atomic E-state index is 0.0219. The molecule has 50 heavy (non-hydrogen) atoms. The van der Waals surface area contributed by atoms with Crippen LogP contribution in [0.4, 0.5) is 0 Å². The number of amides is 5. The maximum absolute atomic E-state index is 14.3. The molecule has 0 saturated carbocycles. The number of aryl methyl sites for hydroxylation is 1. The van der Waals surface area contributed by atoms with Crippen LogP contribution in [0.3, 0.4) is 0 Å². The Morgan fingerprint density at radius 1 is 0.940 bits per heavy atom. The summed E-state index contributed by atoms with van der Waals surface area (Å²) in [5, 5.41) is 24.1. The van der Waals surface area contributed by atoms with Gasteiger partial charge in [0.05, 0.1) is 12.6 Å². The zero-order chi connectivity index (χ0) is 35.0. The molecule has 15 heteroatoms. The monoisotopic (exact) mass is 683 g/mol. The van der Waals surface area contributed by atoms with Crippen molar-refractivity contribution in [2.24, 2.45) is 0 Å². The lowest BCUT2D eigenvalue weighted by atomic mass is 10.0. The number of H-pyrrole nitrogens is 1. The minimum Gasteiger partial charge on any atom is -0.391 e. The molecular weight excluding hydrogens is 642 g/mol. The van der Waals surface area contributed by atoms with Gasteiger partial charge in [-0.25, -0.2) is 4.98 Å². The van der Waals surface area contributed by atoms with Crippen LogP contribution in [0.15, 0.2) is 73.4 Å². The number of benzene rings is 2. The molecule has 2 aromatic carbocycles. The van der Waals surface area contributed by atoms with Crippen LogP contribution < -0.4 is 16.0 Å². The van der Waals surface area contributed by atoms with Gasteiger partial charge >= 0.3 is 0 Å². The topological polar surface area (TPSA) is 195 Å². The van der Waals surface area contributed by atoms with Crippen molar-refractivity contribution in [3.05, 3.63) is 84.6 Å². The van der Waals surface area contributed by atoms with Crippen LogP contribution in [-0.2, 0) is 43.4 Å². The van der Waals surface area contributed by atoms with E-state index in [9.17, 15) is 29.1 Å². The zero-order valence-corrected chi connectivity index (χ0v) is 27.5. The van der Waals surface area contributed by atoms with Crippen LogP contribution in [0, 0.1) is 0 Å². The van der Waals surface area contributed by atoms with Crippen molar-refractivity contribution in [1.29, 1.82) is 0 Å². The Bertz CT molecular complexity index is 1810. The van der Waals surface area contributed by atoms with E-state index in [1.54, 1.807) is 17.2 Å². The van der Waals surface area contributed by atoms with Crippen LogP contribution in [-0.4, -0.2) is 115 Å². The number of aromatic amines is 1. The van der Waals surface area contributed by atoms with E-state index in [1.807, 2.05) is 54.6 Å². The van der Waals surface area contributed by atoms with E-state index in [1.165, 1.54) is 16.1 Å². The van der Waals surface area contributed by atoms with Gasteiger partial charge in [0.2, 0.25) is 29.5 Å². The molecule has 2 fully saturated rings. The third-order valence-corrected chi connectivity index (χ3v) is 9.13. The average molecular weight is 684 g/mol. The lowest BCUT2D eigenvalue weighted by molar-refractivity contribution is -0.142. The van der Waals surface area contributed by atoms with Crippen LogP contribution in [0.1, 0.15) is 30.4 Å². The highest BCUT2D eigenvalue weighted by Crippen LogP contribution is 2.24. The van der Waals surface area contributed by atoms with E-state index >= 15 is 0 Å². The number of aliphatic hydroxyl groups excluding tert-OH is 1. The number of hydrogen-bond donors (Lipinski definition) is 5. The quantitative estimate of drug-likeness (QED) is 0.170. The van der Waals surface area contributed by atoms with Gasteiger partial charge in [-0.1, -0.05) is 48.5 Å². The number of hydrogen-bond acceptors (Lipinski definition) is 8. The molecule has 2 aliphatic heterocycles. The summed E-state index contributed by atoms with van der Waals surface area (Å²) in [7, 11) is 0. The number of rotatable bonds is 8. The van der Waals surface area contributed by atoms with Gasteiger partial charge in [0.25, 0.3) is 0 Å². The predicted molar refractivity (Wildman–Crippen MR) is 181 cm³/mol. The number of carbonyl (C=O) groups excluding carboxylic acids is 5. The number of nitrogens with zero attached hydrogens (tertiary/aromatic N) is 5. The van der Waals surface area contributed by atoms with Crippen LogP contribution in [0.25, 0.3) is 10.9 Å². The average Bonchev–Trinajstić information content (AvgIpc) is 3.87. The van der Waals surface area contributed by atoms with Gasteiger partial charge in [-0.05, 0) is 23.6 Å². The molecule has 4 aromatic rings. The van der Waals surface area contributed by atoms with Gasteiger partial charge in [-0.15, -0.1) is 0 Å². The second-order valence-corrected chi connectivity index (χ2v) is 12.7. The smallest absolute Gasteiger partial charge is 0.246 e. The molecule has 5 N–H and O–H groups in total. The Hall–Kier alpha value is -5.57. The van der Waals surface area contributed by atoms with E-state index in [4.69, 9.17) is 0 Å². The first-order chi connectivity index (χ1) is 24.2. The molecule has 0 aliphatic carbocycles. The number of fused-ring (bicyclic) bond motifs is 2. The van der Waals surface area contributed by atoms with Crippen molar-refractivity contribution in [2.75, 3.05) is 26.2 Å². The normalized spacial score (nSPS) is 22.3. The minimum atomic E-state index is -1.11. The molecule has 0 bridgehead atoms. The third kappa shape index (κ3) is 8.34. The molecule has 4 atom stereocenters. The lowest BCUT2D eigenvalue weighted by Crippen LogP contribution is -2.57. The number of para-hydroxylation sites is 1. The van der Waals surface area contributed by atoms with E-state index in [-0.39, 0.29) is 57.8 Å². The molecule has 0 unspecified atom stereocenters. The van der Waals surface area contributed by atoms with E-state index in [0.29, 0.717) is 13.0 Å². The highest BCUT2D eigenvalue weighted by atomic mass is 16.3. The number of aromatic nitrogens is 4. The van der Waals surface area contributed by atoms with Gasteiger partial charge in [-0.3, -0.25) is 28.7 Å². The molecule has 0 radical (unpaired) electrons. The summed E-state index contributed by atoms with van der Waals surface area (Å²) < 4.78 is 1.61. The van der Waals surface area contributed by atoms with Crippen molar-refractivity contribution in [3.8, 4) is 0 Å². The second kappa shape index (κ2) is 15.8. The van der Waals surface area contributed by atoms with Crippen molar-refractivity contribution < 1.29 is 29.1 Å². The molecule has 262 valence electrons. The Kier molecular flexibility index (Phi) is 10.8. The van der Waals surface area contributed by atoms with Gasteiger partial charge in [0.1, 0.15) is 30.8 Å². The maximum Gasteiger partial charge on any atom is 0.246 e. The van der Waals surface area contributed by atoms with E-state index in [2.05, 4.69) is 31.0 Å². The fourth-order valence-corrected chi connectivity index (χ4v) is 6.59. The van der Waals surface area contributed by atoms with Crippen LogP contribution >= 0.6 is 0 Å². The Morgan fingerprint density at radius 3 is 2.54 bits per heavy atom. The molecule has 4 heterocycles. The summed E-state index contributed by atoms with van der Waals surface area (Å²) >= 11 is 0. The largest absolute Gasteiger partial charge is 0.391 e. The van der Waals surface area contributed by atoms with Crippen molar-refractivity contribution in [3.63, 3.8) is 0 Å². The van der Waals surface area contributed by atoms with E-state index < -0.39 is 47.9 Å². The molecule has 15 nitrogen and oxygen atoms in total. The molecule has 2 aromatic heterocycles. The second-order valence-electron chi connectivity index (χ2n) is 12.7. The Balaban J connectivity index is 1.29. The molecule has 0 spiro atoms. The molecule has 6 rings (SSSR count). The molecular formula is C35H41N9O6. The summed E-state index contributed by atoms with van der Waals surface area (Å²) in [6.45, 7) is 0.0201. The standard InChI is InChI=1S/C35H41N9O6/c45-25-17-30-34(49)41-28(15-23-7-2-1-3-8-23)33(48)37-12-14-42(32(47)11-6-13-43-22-36-21-39-43)20-31(46)40-29(35(50)44(30)19-25)16-24-18-38-27-10-5-4-9-26(24)27/h1-5,7-10,18,21-22,25,28-30,38,45H,6,11-17,19-20H2,(H,37,48)(H,40,46)(H,41,49)/t25-,28+,29-,30+/m1/s1. The van der Waals surface area contributed by atoms with Gasteiger partial charge < -0.3 is 35.8 Å². The Labute approximate surface area is 288 Å². The van der Waals surface area contributed by atoms with Gasteiger partial charge in [-0.2, -0.15) is 5.10 Å². The van der Waals surface area contributed by atoms with Crippen molar-refractivity contribution in [2.45, 2.75) is 62.9 Å². The fourth-order valence-electron chi connectivity index (χ4n) is 6.59. The summed E-state index contributed by atoms with van der Waals surface area (Å²) in [4.78, 5) is 78.5. The van der Waals surface area contributed by atoms with Gasteiger partial charge in [0, 0.05) is 69.0 Å². The molecule has 5 amide bonds. The molecule has 2 saturated heterocycles. The third-order valence-electron chi connectivity index (χ3n) is 9.13. The van der Waals surface area contributed by atoms with E-state index in [0.717, 1.165) is 22.0 Å². The summed E-state index contributed by atoms with van der Waals surface area (Å²) in [5.41, 5.74) is 2.44. The number of nitrogens with one attached hydrogen (secondary N) is 4. The number of aliphatic hydroxyl groups is 1. The predicted octanol–water partition coefficient (Wildman–Crippen LogP) is -0.0852. The molecule has 2 aliphatic rings. The van der Waals surface area contributed by atoms with Gasteiger partial charge in [0.15, 0.2) is 0 Å².